The number of benzene rings is 1. The van der Waals surface area contributed by atoms with Crippen LogP contribution in [0.2, 0.25) is 0 Å². The molecule has 0 unspecified atom stereocenters. The fourth-order valence-corrected chi connectivity index (χ4v) is 3.05. The van der Waals surface area contributed by atoms with Crippen LogP contribution in [0.1, 0.15) is 30.1 Å². The van der Waals surface area contributed by atoms with E-state index in [0.29, 0.717) is 25.0 Å². The van der Waals surface area contributed by atoms with Gasteiger partial charge in [0, 0.05) is 26.1 Å². The Labute approximate surface area is 141 Å². The maximum Gasteiger partial charge on any atom is 0.223 e. The van der Waals surface area contributed by atoms with Crippen molar-refractivity contribution in [1.82, 2.24) is 20.4 Å². The molecule has 1 aromatic heterocycles. The lowest BCUT2D eigenvalue weighted by Crippen LogP contribution is -2.45. The van der Waals surface area contributed by atoms with Gasteiger partial charge < -0.3 is 14.6 Å². The molecule has 0 bridgehead atoms. The van der Waals surface area contributed by atoms with Crippen LogP contribution < -0.4 is 10.1 Å². The van der Waals surface area contributed by atoms with Gasteiger partial charge in [-0.2, -0.15) is 4.98 Å². The van der Waals surface area contributed by atoms with Crippen molar-refractivity contribution >= 4 is 0 Å². The molecule has 3 rings (SSSR count). The second-order valence-electron chi connectivity index (χ2n) is 6.15. The molecule has 1 fully saturated rings. The van der Waals surface area contributed by atoms with Crippen molar-refractivity contribution in [1.29, 1.82) is 0 Å². The highest BCUT2D eigenvalue weighted by molar-refractivity contribution is 5.29. The van der Waals surface area contributed by atoms with Crippen LogP contribution in [0.4, 0.5) is 4.39 Å². The number of piperidine rings is 1. The number of halogens is 1. The molecular weight excluding hydrogens is 311 g/mol. The summed E-state index contributed by atoms with van der Waals surface area (Å²) in [4.78, 5) is 6.58. The zero-order valence-corrected chi connectivity index (χ0v) is 14.1. The van der Waals surface area contributed by atoms with Gasteiger partial charge >= 0.3 is 0 Å². The molecule has 0 spiro atoms. The Bertz CT molecular complexity index is 676. The van der Waals surface area contributed by atoms with E-state index in [9.17, 15) is 4.39 Å². The molecule has 0 amide bonds. The molecular formula is C17H23FN4O2. The fraction of sp³-hybridized carbons (Fsp3) is 0.529. The summed E-state index contributed by atoms with van der Waals surface area (Å²) >= 11 is 0. The summed E-state index contributed by atoms with van der Waals surface area (Å²) in [7, 11) is 1.47. The van der Waals surface area contributed by atoms with E-state index in [4.69, 9.17) is 9.26 Å². The minimum atomic E-state index is -0.324. The lowest BCUT2D eigenvalue weighted by molar-refractivity contribution is 0.177. The van der Waals surface area contributed by atoms with Crippen molar-refractivity contribution in [3.05, 3.63) is 41.3 Å². The van der Waals surface area contributed by atoms with Crippen molar-refractivity contribution in [2.24, 2.45) is 0 Å². The van der Waals surface area contributed by atoms with Gasteiger partial charge in [-0.25, -0.2) is 4.39 Å². The highest BCUT2D eigenvalue weighted by Gasteiger charge is 2.21. The number of ether oxygens (including phenoxy) is 1. The molecule has 1 atom stereocenters. The average Bonchev–Trinajstić information content (AvgIpc) is 2.98. The third kappa shape index (κ3) is 4.30. The third-order valence-electron chi connectivity index (χ3n) is 4.25. The Kier molecular flexibility index (Phi) is 5.42. The molecule has 0 aliphatic carbocycles. The van der Waals surface area contributed by atoms with Gasteiger partial charge in [0.2, 0.25) is 5.89 Å². The van der Waals surface area contributed by atoms with E-state index >= 15 is 0 Å². The Morgan fingerprint density at radius 2 is 2.33 bits per heavy atom. The number of methoxy groups -OCH3 is 1. The first-order valence-electron chi connectivity index (χ1n) is 8.21. The van der Waals surface area contributed by atoms with Gasteiger partial charge in [0.1, 0.15) is 0 Å². The van der Waals surface area contributed by atoms with E-state index in [1.807, 2.05) is 6.07 Å². The van der Waals surface area contributed by atoms with Crippen LogP contribution >= 0.6 is 0 Å². The Morgan fingerprint density at radius 1 is 1.46 bits per heavy atom. The van der Waals surface area contributed by atoms with Crippen molar-refractivity contribution in [2.45, 2.75) is 38.9 Å². The number of hydrogen-bond donors (Lipinski definition) is 1. The molecule has 7 heteroatoms. The van der Waals surface area contributed by atoms with E-state index in [1.54, 1.807) is 13.0 Å². The number of aryl methyl sites for hydroxylation is 1. The fourth-order valence-electron chi connectivity index (χ4n) is 3.05. The molecule has 2 aromatic rings. The first kappa shape index (κ1) is 16.9. The van der Waals surface area contributed by atoms with Crippen LogP contribution in [0.15, 0.2) is 22.7 Å². The molecule has 1 aliphatic heterocycles. The topological polar surface area (TPSA) is 63.4 Å². The largest absolute Gasteiger partial charge is 0.494 e. The highest BCUT2D eigenvalue weighted by Crippen LogP contribution is 2.18. The van der Waals surface area contributed by atoms with Gasteiger partial charge in [0.25, 0.3) is 0 Å². The summed E-state index contributed by atoms with van der Waals surface area (Å²) in [6.45, 7) is 5.09. The summed E-state index contributed by atoms with van der Waals surface area (Å²) in [6, 6.07) is 5.45. The second-order valence-corrected chi connectivity index (χ2v) is 6.15. The highest BCUT2D eigenvalue weighted by atomic mass is 19.1. The predicted molar refractivity (Wildman–Crippen MR) is 87.1 cm³/mol. The Balaban J connectivity index is 1.51. The zero-order chi connectivity index (χ0) is 16.9. The third-order valence-corrected chi connectivity index (χ3v) is 4.25. The normalized spacial score (nSPS) is 18.7. The SMILES string of the molecule is COc1ccc(CN[C@@H]2CCCN(Cc3noc(C)n3)C2)cc1F. The summed E-state index contributed by atoms with van der Waals surface area (Å²) in [5.41, 5.74) is 0.916. The Hall–Kier alpha value is -1.99. The number of hydrogen-bond acceptors (Lipinski definition) is 6. The van der Waals surface area contributed by atoms with Crippen LogP contribution in [0.3, 0.4) is 0 Å². The van der Waals surface area contributed by atoms with E-state index < -0.39 is 0 Å². The van der Waals surface area contributed by atoms with Crippen molar-refractivity contribution in [3.8, 4) is 5.75 Å². The average molecular weight is 334 g/mol. The molecule has 0 radical (unpaired) electrons. The van der Waals surface area contributed by atoms with Gasteiger partial charge in [-0.15, -0.1) is 0 Å². The second kappa shape index (κ2) is 7.72. The predicted octanol–water partition coefficient (Wildman–Crippen LogP) is 2.28. The molecule has 24 heavy (non-hydrogen) atoms. The molecule has 1 N–H and O–H groups in total. The van der Waals surface area contributed by atoms with Crippen molar-refractivity contribution in [2.75, 3.05) is 20.2 Å². The molecule has 2 heterocycles. The van der Waals surface area contributed by atoms with E-state index in [0.717, 1.165) is 37.3 Å². The minimum absolute atomic E-state index is 0.276. The minimum Gasteiger partial charge on any atom is -0.494 e. The van der Waals surface area contributed by atoms with E-state index in [1.165, 1.54) is 13.2 Å². The van der Waals surface area contributed by atoms with Crippen LogP contribution in [-0.4, -0.2) is 41.3 Å². The maximum atomic E-state index is 13.7. The van der Waals surface area contributed by atoms with Gasteiger partial charge in [-0.1, -0.05) is 11.2 Å². The van der Waals surface area contributed by atoms with Crippen molar-refractivity contribution in [3.63, 3.8) is 0 Å². The van der Waals surface area contributed by atoms with Gasteiger partial charge in [-0.05, 0) is 37.1 Å². The summed E-state index contributed by atoms with van der Waals surface area (Å²) in [5, 5.41) is 7.46. The van der Waals surface area contributed by atoms with Crippen LogP contribution in [0, 0.1) is 12.7 Å². The van der Waals surface area contributed by atoms with Crippen molar-refractivity contribution < 1.29 is 13.7 Å². The number of rotatable bonds is 6. The van der Waals surface area contributed by atoms with Gasteiger partial charge in [-0.3, -0.25) is 4.90 Å². The van der Waals surface area contributed by atoms with E-state index in [-0.39, 0.29) is 11.6 Å². The smallest absolute Gasteiger partial charge is 0.223 e. The summed E-state index contributed by atoms with van der Waals surface area (Å²) in [5.74, 6) is 1.27. The Morgan fingerprint density at radius 3 is 3.04 bits per heavy atom. The number of nitrogens with one attached hydrogen (secondary N) is 1. The van der Waals surface area contributed by atoms with Crippen LogP contribution in [-0.2, 0) is 13.1 Å². The lowest BCUT2D eigenvalue weighted by Gasteiger charge is -2.32. The number of likely N-dealkylation sites (tertiary alicyclic amines) is 1. The van der Waals surface area contributed by atoms with Crippen LogP contribution in [0.5, 0.6) is 5.75 Å². The number of aromatic nitrogens is 2. The first-order chi connectivity index (χ1) is 11.6. The monoisotopic (exact) mass is 334 g/mol. The van der Waals surface area contributed by atoms with Gasteiger partial charge in [0.05, 0.1) is 13.7 Å². The van der Waals surface area contributed by atoms with Crippen LogP contribution in [0.25, 0.3) is 0 Å². The molecule has 1 saturated heterocycles. The zero-order valence-electron chi connectivity index (χ0n) is 14.1. The lowest BCUT2D eigenvalue weighted by atomic mass is 10.1. The molecule has 6 nitrogen and oxygen atoms in total. The van der Waals surface area contributed by atoms with Gasteiger partial charge in [0.15, 0.2) is 17.4 Å². The standard InChI is InChI=1S/C17H23FN4O2/c1-12-20-17(21-24-12)11-22-7-3-4-14(10-22)19-9-13-5-6-16(23-2)15(18)8-13/h5-6,8,14,19H,3-4,7,9-11H2,1-2H3/t14-/m1/s1. The molecule has 1 aromatic carbocycles. The maximum absolute atomic E-state index is 13.7. The number of nitrogens with zero attached hydrogens (tertiary/aromatic N) is 3. The molecule has 1 aliphatic rings. The molecule has 130 valence electrons. The summed E-state index contributed by atoms with van der Waals surface area (Å²) in [6.07, 6.45) is 2.23. The van der Waals surface area contributed by atoms with E-state index in [2.05, 4.69) is 20.4 Å². The first-order valence-corrected chi connectivity index (χ1v) is 8.21. The summed E-state index contributed by atoms with van der Waals surface area (Å²) < 4.78 is 23.7. The molecule has 0 saturated carbocycles. The quantitative estimate of drug-likeness (QED) is 0.874.